The number of alkyl halides is 3. The van der Waals surface area contributed by atoms with E-state index in [0.29, 0.717) is 0 Å². The van der Waals surface area contributed by atoms with Crippen molar-refractivity contribution >= 4 is 11.9 Å². The number of carbonyl (C=O) groups is 2. The largest absolute Gasteiger partial charge is 0.445 e. The molecule has 0 aliphatic carbocycles. The van der Waals surface area contributed by atoms with Gasteiger partial charge in [0, 0.05) is 7.05 Å². The predicted octanol–water partition coefficient (Wildman–Crippen LogP) is 0.481. The molecule has 0 aromatic heterocycles. The summed E-state index contributed by atoms with van der Waals surface area (Å²) in [6.45, 7) is -2.27. The van der Waals surface area contributed by atoms with E-state index in [0.717, 1.165) is 13.2 Å². The molecule has 0 saturated heterocycles. The molecule has 0 heterocycles. The lowest BCUT2D eigenvalue weighted by atomic mass is 10.5. The highest BCUT2D eigenvalue weighted by molar-refractivity contribution is 6.32. The molecule has 0 aromatic rings. The molecule has 4 nitrogen and oxygen atoms in total. The van der Waals surface area contributed by atoms with Crippen molar-refractivity contribution in [1.82, 2.24) is 4.90 Å². The van der Waals surface area contributed by atoms with Gasteiger partial charge < -0.3 is 9.64 Å². The van der Waals surface area contributed by atoms with E-state index in [2.05, 4.69) is 4.74 Å². The summed E-state index contributed by atoms with van der Waals surface area (Å²) in [5, 5.41) is 0. The van der Waals surface area contributed by atoms with Gasteiger partial charge in [0.2, 0.25) is 0 Å². The highest BCUT2D eigenvalue weighted by Crippen LogP contribution is 2.15. The van der Waals surface area contributed by atoms with Crippen LogP contribution in [0.1, 0.15) is 0 Å². The Morgan fingerprint density at radius 1 is 1.38 bits per heavy atom. The number of halogens is 4. The number of carbonyl (C=O) groups excluding carboxylic acids is 2. The fourth-order valence-corrected chi connectivity index (χ4v) is 0.687. The van der Waals surface area contributed by atoms with Gasteiger partial charge in [-0.2, -0.15) is 13.2 Å². The Bertz CT molecular complexity index is 328. The molecule has 1 amide bonds. The second-order valence-corrected chi connectivity index (χ2v) is 2.62. The lowest BCUT2D eigenvalue weighted by Crippen LogP contribution is -2.40. The molecule has 0 unspecified atom stereocenters. The van der Waals surface area contributed by atoms with E-state index in [1.165, 1.54) is 0 Å². The van der Waals surface area contributed by atoms with Crippen LogP contribution in [-0.4, -0.2) is 43.2 Å². The van der Waals surface area contributed by atoms with Crippen molar-refractivity contribution < 1.29 is 31.9 Å². The molecule has 0 rings (SSSR count). The van der Waals surface area contributed by atoms with Crippen LogP contribution < -0.4 is 0 Å². The maximum atomic E-state index is 11.8. The van der Waals surface area contributed by atoms with Gasteiger partial charge >= 0.3 is 18.1 Å². The minimum atomic E-state index is -4.61. The topological polar surface area (TPSA) is 46.6 Å². The van der Waals surface area contributed by atoms with E-state index in [4.69, 9.17) is 0 Å². The lowest BCUT2D eigenvalue weighted by Gasteiger charge is -2.17. The summed E-state index contributed by atoms with van der Waals surface area (Å²) in [6.07, 6.45) is -3.71. The van der Waals surface area contributed by atoms with Crippen LogP contribution in [0.4, 0.5) is 17.6 Å². The van der Waals surface area contributed by atoms with Gasteiger partial charge in [0.15, 0.2) is 6.61 Å². The normalized spacial score (nSPS) is 10.1. The standard InChI is InChI=1S/C8H7F4NO3/c1-13(5-8(10,11)12)6(14)7(15)16-4-2-3-9/h4-5H2,1H3. The highest BCUT2D eigenvalue weighted by atomic mass is 19.4. The zero-order valence-electron chi connectivity index (χ0n) is 8.10. The first-order chi connectivity index (χ1) is 7.28. The van der Waals surface area contributed by atoms with Gasteiger partial charge in [-0.25, -0.2) is 4.79 Å². The molecule has 0 fully saturated rings. The van der Waals surface area contributed by atoms with E-state index in [-0.39, 0.29) is 4.90 Å². The van der Waals surface area contributed by atoms with Gasteiger partial charge in [0.25, 0.3) is 0 Å². The number of nitrogens with zero attached hydrogens (tertiary/aromatic N) is 1. The second kappa shape index (κ2) is 5.95. The molecule has 0 aliphatic rings. The lowest BCUT2D eigenvalue weighted by molar-refractivity contribution is -0.169. The van der Waals surface area contributed by atoms with Crippen LogP contribution in [0.25, 0.3) is 0 Å². The van der Waals surface area contributed by atoms with Crippen LogP contribution in [0, 0.1) is 12.1 Å². The number of ether oxygens (including phenoxy) is 1. The van der Waals surface area contributed by atoms with Gasteiger partial charge in [0.05, 0.1) is 0 Å². The van der Waals surface area contributed by atoms with E-state index in [9.17, 15) is 27.2 Å². The highest BCUT2D eigenvalue weighted by Gasteiger charge is 2.33. The maximum absolute atomic E-state index is 11.8. The number of rotatable bonds is 2. The molecule has 8 heteroatoms. The third-order valence-electron chi connectivity index (χ3n) is 1.28. The number of hydrogen-bond acceptors (Lipinski definition) is 3. The zero-order chi connectivity index (χ0) is 12.8. The molecule has 0 aliphatic heterocycles. The van der Waals surface area contributed by atoms with Gasteiger partial charge in [-0.05, 0) is 5.92 Å². The Labute approximate surface area is 88.2 Å². The van der Waals surface area contributed by atoms with Crippen molar-refractivity contribution in [2.24, 2.45) is 0 Å². The van der Waals surface area contributed by atoms with E-state index in [1.807, 2.05) is 0 Å². The first kappa shape index (κ1) is 14.2. The molecule has 0 spiro atoms. The van der Waals surface area contributed by atoms with Crippen molar-refractivity contribution in [1.29, 1.82) is 0 Å². The Kier molecular flexibility index (Phi) is 5.29. The molecular weight excluding hydrogens is 234 g/mol. The fraction of sp³-hybridized carbons (Fsp3) is 0.500. The van der Waals surface area contributed by atoms with Crippen molar-refractivity contribution in [2.75, 3.05) is 20.2 Å². The Morgan fingerprint density at radius 3 is 2.38 bits per heavy atom. The summed E-state index contributed by atoms with van der Waals surface area (Å²) < 4.78 is 50.8. The first-order valence-corrected chi connectivity index (χ1v) is 3.85. The van der Waals surface area contributed by atoms with Crippen LogP contribution in [0.5, 0.6) is 0 Å². The average molecular weight is 241 g/mol. The Morgan fingerprint density at radius 2 is 1.94 bits per heavy atom. The molecule has 0 aromatic carbocycles. The average Bonchev–Trinajstić information content (AvgIpc) is 2.14. The molecular formula is C8H7F4NO3. The van der Waals surface area contributed by atoms with E-state index < -0.39 is 31.2 Å². The third kappa shape index (κ3) is 5.85. The van der Waals surface area contributed by atoms with E-state index >= 15 is 0 Å². The summed E-state index contributed by atoms with van der Waals surface area (Å²) in [7, 11) is 0.790. The van der Waals surface area contributed by atoms with Gasteiger partial charge in [-0.3, -0.25) is 4.79 Å². The minimum Gasteiger partial charge on any atom is -0.445 e. The van der Waals surface area contributed by atoms with Crippen molar-refractivity contribution in [3.8, 4) is 12.1 Å². The fourth-order valence-electron chi connectivity index (χ4n) is 0.687. The summed E-state index contributed by atoms with van der Waals surface area (Å²) in [5.74, 6) is -1.32. The maximum Gasteiger partial charge on any atom is 0.406 e. The minimum absolute atomic E-state index is 0.144. The van der Waals surface area contributed by atoms with Crippen LogP contribution in [0.3, 0.4) is 0 Å². The van der Waals surface area contributed by atoms with Crippen LogP contribution >= 0.6 is 0 Å². The van der Waals surface area contributed by atoms with Crippen molar-refractivity contribution in [3.63, 3.8) is 0 Å². The third-order valence-corrected chi connectivity index (χ3v) is 1.28. The molecule has 16 heavy (non-hydrogen) atoms. The summed E-state index contributed by atoms with van der Waals surface area (Å²) >= 11 is 0. The number of likely N-dealkylation sites (N-methyl/N-ethyl adjacent to an activating group) is 1. The molecule has 0 N–H and O–H groups in total. The van der Waals surface area contributed by atoms with Gasteiger partial charge in [-0.1, -0.05) is 0 Å². The number of amides is 1. The molecule has 0 atom stereocenters. The van der Waals surface area contributed by atoms with Gasteiger partial charge in [0.1, 0.15) is 12.7 Å². The SMILES string of the molecule is CN(CC(F)(F)F)C(=O)C(=O)OCC#CF. The predicted molar refractivity (Wildman–Crippen MR) is 43.5 cm³/mol. The summed E-state index contributed by atoms with van der Waals surface area (Å²) in [4.78, 5) is 21.8. The second-order valence-electron chi connectivity index (χ2n) is 2.62. The summed E-state index contributed by atoms with van der Waals surface area (Å²) in [5.41, 5.74) is 0. The van der Waals surface area contributed by atoms with Crippen LogP contribution in [-0.2, 0) is 14.3 Å². The monoisotopic (exact) mass is 241 g/mol. The van der Waals surface area contributed by atoms with E-state index in [1.54, 1.807) is 5.92 Å². The van der Waals surface area contributed by atoms with Gasteiger partial charge in [-0.15, -0.1) is 4.39 Å². The van der Waals surface area contributed by atoms with Crippen LogP contribution in [0.15, 0.2) is 0 Å². The molecule has 0 bridgehead atoms. The zero-order valence-corrected chi connectivity index (χ0v) is 8.10. The van der Waals surface area contributed by atoms with Crippen molar-refractivity contribution in [3.05, 3.63) is 0 Å². The summed E-state index contributed by atoms with van der Waals surface area (Å²) in [6, 6.07) is 0. The smallest absolute Gasteiger partial charge is 0.406 e. The quantitative estimate of drug-likeness (QED) is 0.306. The molecule has 90 valence electrons. The number of hydrogen-bond donors (Lipinski definition) is 0. The molecule has 0 radical (unpaired) electrons. The molecule has 0 saturated carbocycles. The van der Waals surface area contributed by atoms with Crippen molar-refractivity contribution in [2.45, 2.75) is 6.18 Å². The Balaban J connectivity index is 4.21. The first-order valence-electron chi connectivity index (χ1n) is 3.85. The van der Waals surface area contributed by atoms with Crippen LogP contribution in [0.2, 0.25) is 0 Å². The number of esters is 1. The Hall–Kier alpha value is -1.78.